The van der Waals surface area contributed by atoms with Crippen molar-refractivity contribution in [3.8, 4) is 16.8 Å². The van der Waals surface area contributed by atoms with E-state index in [9.17, 15) is 0 Å². The maximum absolute atomic E-state index is 5.21. The van der Waals surface area contributed by atoms with E-state index in [1.165, 1.54) is 69.9 Å². The van der Waals surface area contributed by atoms with Gasteiger partial charge in [0.2, 0.25) is 0 Å². The standard InChI is InChI=1S/C45H28IN3S/c1-4-12-29(13-5-1)43-46-44(48-45(47-43)30-14-6-2-7-15-30)33-22-25-42-38(28-33)37-27-32(21-24-41(37)50-42)31-20-23-40-36(26-31)35-18-10-11-19-39(35)49(40)34-16-8-3-9-17-34/h1-28H. The van der Waals surface area contributed by atoms with Gasteiger partial charge in [-0.2, -0.15) is 0 Å². The fourth-order valence-electron chi connectivity index (χ4n) is 6.96. The molecule has 1 aliphatic heterocycles. The normalized spacial score (nSPS) is 13.3. The Kier molecular flexibility index (Phi) is 7.13. The lowest BCUT2D eigenvalue weighted by Crippen LogP contribution is -2.11. The van der Waals surface area contributed by atoms with E-state index < -0.39 is 20.7 Å². The number of fused-ring (bicyclic) bond motifs is 6. The first kappa shape index (κ1) is 29.4. The van der Waals surface area contributed by atoms with Crippen molar-refractivity contribution >= 4 is 87.2 Å². The van der Waals surface area contributed by atoms with Crippen molar-refractivity contribution in [3.05, 3.63) is 187 Å². The Morgan fingerprint density at radius 3 is 1.72 bits per heavy atom. The number of para-hydroxylation sites is 2. The van der Waals surface area contributed by atoms with Crippen LogP contribution in [0.15, 0.2) is 180 Å². The van der Waals surface area contributed by atoms with Crippen molar-refractivity contribution in [1.29, 1.82) is 0 Å². The zero-order chi connectivity index (χ0) is 33.0. The number of nitrogens with zero attached hydrogens (tertiary/aromatic N) is 3. The molecule has 0 saturated carbocycles. The summed E-state index contributed by atoms with van der Waals surface area (Å²) in [5.41, 5.74) is 9.46. The molecule has 0 unspecified atom stereocenters. The average molecular weight is 770 g/mol. The molecular weight excluding hydrogens is 741 g/mol. The van der Waals surface area contributed by atoms with Crippen LogP contribution in [0.3, 0.4) is 0 Å². The third-order valence-corrected chi connectivity index (χ3v) is 13.3. The molecule has 3 heterocycles. The van der Waals surface area contributed by atoms with Crippen LogP contribution in [0.25, 0.3) is 58.8 Å². The second-order valence-corrected chi connectivity index (χ2v) is 16.1. The van der Waals surface area contributed by atoms with E-state index in [-0.39, 0.29) is 0 Å². The van der Waals surface area contributed by atoms with Crippen LogP contribution in [0, 0.1) is 0 Å². The van der Waals surface area contributed by atoms with Crippen molar-refractivity contribution in [2.75, 3.05) is 0 Å². The van der Waals surface area contributed by atoms with Crippen LogP contribution in [0.5, 0.6) is 0 Å². The Bertz CT molecular complexity index is 2810. The SMILES string of the molecule is c1ccc(C2=NC(c3ccc4sc5ccc(-c6ccc7c(c6)c6ccccc6n7-c6ccccc6)cc5c4c3)=IC(c3ccccc3)=N2)cc1. The van der Waals surface area contributed by atoms with Gasteiger partial charge < -0.3 is 4.57 Å². The van der Waals surface area contributed by atoms with Crippen molar-refractivity contribution in [2.45, 2.75) is 0 Å². The highest BCUT2D eigenvalue weighted by molar-refractivity contribution is 14.2. The number of hydrogen-bond donors (Lipinski definition) is 0. The van der Waals surface area contributed by atoms with Gasteiger partial charge in [-0.15, -0.1) is 11.3 Å². The summed E-state index contributed by atoms with van der Waals surface area (Å²) in [6.07, 6.45) is 0. The molecule has 9 aromatic rings. The molecule has 0 N–H and O–H groups in total. The monoisotopic (exact) mass is 769 g/mol. The molecule has 0 bridgehead atoms. The molecule has 7 aromatic carbocycles. The molecule has 0 radical (unpaired) electrons. The maximum atomic E-state index is 5.21. The van der Waals surface area contributed by atoms with E-state index >= 15 is 0 Å². The number of benzene rings is 7. The lowest BCUT2D eigenvalue weighted by molar-refractivity contribution is 1.18. The van der Waals surface area contributed by atoms with Gasteiger partial charge in [0.05, 0.1) is 11.0 Å². The molecule has 10 rings (SSSR count). The first-order valence-electron chi connectivity index (χ1n) is 16.6. The fourth-order valence-corrected chi connectivity index (χ4v) is 10.5. The van der Waals surface area contributed by atoms with Gasteiger partial charge in [-0.3, -0.25) is 0 Å². The lowest BCUT2D eigenvalue weighted by atomic mass is 10.0. The maximum Gasteiger partial charge on any atom is 0.161 e. The van der Waals surface area contributed by atoms with E-state index in [1.54, 1.807) is 0 Å². The minimum atomic E-state index is -0.590. The molecule has 0 aliphatic carbocycles. The zero-order valence-corrected chi connectivity index (χ0v) is 29.8. The molecule has 0 atom stereocenters. The Morgan fingerprint density at radius 1 is 0.420 bits per heavy atom. The molecule has 0 amide bonds. The number of halogens is 1. The summed E-state index contributed by atoms with van der Waals surface area (Å²) in [5, 5.41) is 5.10. The summed E-state index contributed by atoms with van der Waals surface area (Å²) in [5.74, 6) is 0.784. The summed E-state index contributed by atoms with van der Waals surface area (Å²) in [4.78, 5) is 10.3. The van der Waals surface area contributed by atoms with Gasteiger partial charge in [0.1, 0.15) is 7.35 Å². The van der Waals surface area contributed by atoms with Gasteiger partial charge in [-0.1, -0.05) is 115 Å². The highest BCUT2D eigenvalue weighted by atomic mass is 127. The van der Waals surface area contributed by atoms with Crippen LogP contribution in [0.2, 0.25) is 0 Å². The molecular formula is C45H28IN3S. The highest BCUT2D eigenvalue weighted by Crippen LogP contribution is 2.40. The Hall–Kier alpha value is -5.50. The Balaban J connectivity index is 1.10. The van der Waals surface area contributed by atoms with Gasteiger partial charge >= 0.3 is 0 Å². The smallest absolute Gasteiger partial charge is 0.161 e. The minimum absolute atomic E-state index is 0.590. The molecule has 50 heavy (non-hydrogen) atoms. The number of rotatable bonds is 5. The molecule has 1 aliphatic rings. The second kappa shape index (κ2) is 12.1. The third-order valence-electron chi connectivity index (χ3n) is 9.36. The molecule has 236 valence electrons. The molecule has 0 spiro atoms. The molecule has 2 aromatic heterocycles. The molecule has 3 nitrogen and oxygen atoms in total. The zero-order valence-electron chi connectivity index (χ0n) is 26.8. The third kappa shape index (κ3) is 5.04. The van der Waals surface area contributed by atoms with E-state index in [1.807, 2.05) is 17.4 Å². The van der Waals surface area contributed by atoms with Crippen molar-refractivity contribution in [3.63, 3.8) is 0 Å². The van der Waals surface area contributed by atoms with Crippen LogP contribution >= 0.6 is 32.1 Å². The van der Waals surface area contributed by atoms with Crippen molar-refractivity contribution in [2.24, 2.45) is 9.98 Å². The van der Waals surface area contributed by atoms with E-state index in [0.29, 0.717) is 0 Å². The first-order chi connectivity index (χ1) is 24.8. The summed E-state index contributed by atoms with van der Waals surface area (Å²) < 4.78 is 7.26. The largest absolute Gasteiger partial charge is 0.309 e. The average Bonchev–Trinajstić information content (AvgIpc) is 3.73. The first-order valence-corrected chi connectivity index (χ1v) is 19.6. The van der Waals surface area contributed by atoms with E-state index in [4.69, 9.17) is 9.98 Å². The van der Waals surface area contributed by atoms with Gasteiger partial charge in [-0.25, -0.2) is 9.98 Å². The van der Waals surface area contributed by atoms with Crippen LogP contribution in [0.4, 0.5) is 0 Å². The predicted molar refractivity (Wildman–Crippen MR) is 223 cm³/mol. The topological polar surface area (TPSA) is 29.6 Å². The summed E-state index contributed by atoms with van der Waals surface area (Å²) >= 11 is 1.27. The number of thiophene rings is 1. The van der Waals surface area contributed by atoms with E-state index in [0.717, 1.165) is 18.8 Å². The van der Waals surface area contributed by atoms with Gasteiger partial charge in [0.15, 0.2) is 5.84 Å². The number of amidine groups is 1. The summed E-state index contributed by atoms with van der Waals surface area (Å²) in [7, 11) is 0. The molecule has 0 saturated heterocycles. The van der Waals surface area contributed by atoms with Crippen LogP contribution in [0.1, 0.15) is 16.7 Å². The Labute approximate surface area is 303 Å². The van der Waals surface area contributed by atoms with Crippen LogP contribution < -0.4 is 0 Å². The van der Waals surface area contributed by atoms with Crippen molar-refractivity contribution in [1.82, 2.24) is 4.57 Å². The lowest BCUT2D eigenvalue weighted by Gasteiger charge is -2.13. The number of hydrogen-bond acceptors (Lipinski definition) is 3. The second-order valence-electron chi connectivity index (χ2n) is 12.4. The quantitative estimate of drug-likeness (QED) is 0.156. The van der Waals surface area contributed by atoms with Gasteiger partial charge in [-0.05, 0) is 86.5 Å². The molecule has 0 fully saturated rings. The fraction of sp³-hybridized carbons (Fsp3) is 0. The summed E-state index contributed by atoms with van der Waals surface area (Å²) in [6, 6.07) is 61.1. The number of aromatic nitrogens is 1. The van der Waals surface area contributed by atoms with Gasteiger partial charge in [0.25, 0.3) is 0 Å². The number of aliphatic imine (C=N–C) groups is 2. The molecule has 5 heteroatoms. The summed E-state index contributed by atoms with van der Waals surface area (Å²) in [6.45, 7) is 0. The van der Waals surface area contributed by atoms with Crippen LogP contribution in [-0.2, 0) is 0 Å². The van der Waals surface area contributed by atoms with Crippen LogP contribution in [-0.4, -0.2) is 17.8 Å². The van der Waals surface area contributed by atoms with Gasteiger partial charge in [0, 0.05) is 53.3 Å². The predicted octanol–water partition coefficient (Wildman–Crippen LogP) is 12.2. The van der Waals surface area contributed by atoms with Crippen molar-refractivity contribution < 1.29 is 0 Å². The highest BCUT2D eigenvalue weighted by Gasteiger charge is 2.18. The van der Waals surface area contributed by atoms with E-state index in [2.05, 4.69) is 168 Å². The Morgan fingerprint density at radius 2 is 0.980 bits per heavy atom. The minimum Gasteiger partial charge on any atom is -0.309 e.